The minimum Gasteiger partial charge on any atom is -0.396 e. The summed E-state index contributed by atoms with van der Waals surface area (Å²) >= 11 is 0. The predicted octanol–water partition coefficient (Wildman–Crippen LogP) is -1.52. The molecule has 0 radical (unpaired) electrons. The smallest absolute Gasteiger partial charge is 0.179 e. The summed E-state index contributed by atoms with van der Waals surface area (Å²) in [6.45, 7) is 0.859. The fourth-order valence-corrected chi connectivity index (χ4v) is 1.62. The first-order valence-electron chi connectivity index (χ1n) is 3.58. The molecular formula is C6H14O5S. The van der Waals surface area contributed by atoms with Crippen LogP contribution in [-0.2, 0) is 9.84 Å². The standard InChI is InChI=1S/C6H14O5S/c1-5(8)12(10,11)4-6(9)2-3-7/h5-9H,2-4H2,1H3. The summed E-state index contributed by atoms with van der Waals surface area (Å²) in [5.74, 6) is -0.509. The van der Waals surface area contributed by atoms with Crippen LogP contribution in [0.1, 0.15) is 13.3 Å². The Kier molecular flexibility index (Phi) is 4.69. The maximum Gasteiger partial charge on any atom is 0.179 e. The van der Waals surface area contributed by atoms with Crippen molar-refractivity contribution in [2.24, 2.45) is 0 Å². The number of hydrogen-bond acceptors (Lipinski definition) is 5. The highest BCUT2D eigenvalue weighted by Gasteiger charge is 2.21. The van der Waals surface area contributed by atoms with Gasteiger partial charge >= 0.3 is 0 Å². The van der Waals surface area contributed by atoms with Gasteiger partial charge in [-0.05, 0) is 13.3 Å². The molecule has 74 valence electrons. The molecule has 0 aliphatic rings. The van der Waals surface area contributed by atoms with Gasteiger partial charge in [0.15, 0.2) is 15.3 Å². The molecule has 2 unspecified atom stereocenters. The monoisotopic (exact) mass is 198 g/mol. The molecule has 12 heavy (non-hydrogen) atoms. The Morgan fingerprint density at radius 1 is 1.33 bits per heavy atom. The Morgan fingerprint density at radius 2 is 1.83 bits per heavy atom. The second-order valence-electron chi connectivity index (χ2n) is 2.59. The lowest BCUT2D eigenvalue weighted by Gasteiger charge is -2.11. The van der Waals surface area contributed by atoms with E-state index in [2.05, 4.69) is 0 Å². The molecule has 2 atom stereocenters. The molecule has 0 aromatic carbocycles. The summed E-state index contributed by atoms with van der Waals surface area (Å²) < 4.78 is 21.8. The van der Waals surface area contributed by atoms with E-state index in [1.165, 1.54) is 0 Å². The van der Waals surface area contributed by atoms with Gasteiger partial charge in [0.1, 0.15) is 0 Å². The molecule has 5 nitrogen and oxygen atoms in total. The molecule has 0 heterocycles. The summed E-state index contributed by atoms with van der Waals surface area (Å²) in [4.78, 5) is 0. The van der Waals surface area contributed by atoms with E-state index in [0.717, 1.165) is 6.92 Å². The Bertz CT molecular complexity index is 208. The van der Waals surface area contributed by atoms with Crippen LogP contribution in [0.25, 0.3) is 0 Å². The van der Waals surface area contributed by atoms with E-state index in [1.54, 1.807) is 0 Å². The topological polar surface area (TPSA) is 94.8 Å². The van der Waals surface area contributed by atoms with Crippen LogP contribution in [0.4, 0.5) is 0 Å². The van der Waals surface area contributed by atoms with Gasteiger partial charge < -0.3 is 15.3 Å². The molecule has 0 saturated carbocycles. The summed E-state index contributed by atoms with van der Waals surface area (Å²) in [6.07, 6.45) is -1.10. The summed E-state index contributed by atoms with van der Waals surface area (Å²) in [7, 11) is -3.63. The fourth-order valence-electron chi connectivity index (χ4n) is 0.640. The van der Waals surface area contributed by atoms with Crippen molar-refractivity contribution in [2.75, 3.05) is 12.4 Å². The maximum atomic E-state index is 10.9. The number of aliphatic hydroxyl groups excluding tert-OH is 3. The summed E-state index contributed by atoms with van der Waals surface area (Å²) in [5.41, 5.74) is -1.47. The molecular weight excluding hydrogens is 184 g/mol. The van der Waals surface area contributed by atoms with E-state index in [0.29, 0.717) is 0 Å². The second-order valence-corrected chi connectivity index (χ2v) is 4.94. The molecule has 0 fully saturated rings. The van der Waals surface area contributed by atoms with Gasteiger partial charge in [0.05, 0.1) is 11.9 Å². The SMILES string of the molecule is CC(O)S(=O)(=O)CC(O)CCO. The van der Waals surface area contributed by atoms with E-state index in [1.807, 2.05) is 0 Å². The molecule has 0 amide bonds. The molecule has 0 aromatic rings. The van der Waals surface area contributed by atoms with Crippen molar-refractivity contribution in [3.05, 3.63) is 0 Å². The molecule has 0 aliphatic carbocycles. The Balaban J connectivity index is 4.07. The molecule has 6 heteroatoms. The van der Waals surface area contributed by atoms with Crippen molar-refractivity contribution in [1.29, 1.82) is 0 Å². The van der Waals surface area contributed by atoms with Crippen LogP contribution in [-0.4, -0.2) is 47.6 Å². The number of aliphatic hydroxyl groups is 3. The first-order chi connectivity index (χ1) is 5.40. The third-order valence-corrected chi connectivity index (χ3v) is 3.30. The normalized spacial score (nSPS) is 17.3. The summed E-state index contributed by atoms with van der Waals surface area (Å²) in [6, 6.07) is 0. The lowest BCUT2D eigenvalue weighted by molar-refractivity contribution is 0.149. The zero-order chi connectivity index (χ0) is 9.78. The zero-order valence-electron chi connectivity index (χ0n) is 6.84. The molecule has 0 aliphatic heterocycles. The quantitative estimate of drug-likeness (QED) is 0.499. The van der Waals surface area contributed by atoms with Gasteiger partial charge in [-0.2, -0.15) is 0 Å². The van der Waals surface area contributed by atoms with E-state index < -0.39 is 27.1 Å². The van der Waals surface area contributed by atoms with E-state index >= 15 is 0 Å². The van der Waals surface area contributed by atoms with Crippen molar-refractivity contribution in [2.45, 2.75) is 24.9 Å². The Labute approximate surface area is 71.6 Å². The molecule has 0 rings (SSSR count). The maximum absolute atomic E-state index is 10.9. The largest absolute Gasteiger partial charge is 0.396 e. The van der Waals surface area contributed by atoms with E-state index in [-0.39, 0.29) is 13.0 Å². The van der Waals surface area contributed by atoms with E-state index in [4.69, 9.17) is 15.3 Å². The highest BCUT2D eigenvalue weighted by molar-refractivity contribution is 7.91. The van der Waals surface area contributed by atoms with Crippen molar-refractivity contribution in [3.63, 3.8) is 0 Å². The average molecular weight is 198 g/mol. The molecule has 0 aromatic heterocycles. The first kappa shape index (κ1) is 11.8. The number of rotatable bonds is 5. The van der Waals surface area contributed by atoms with Crippen LogP contribution in [0, 0.1) is 0 Å². The Morgan fingerprint density at radius 3 is 2.17 bits per heavy atom. The zero-order valence-corrected chi connectivity index (χ0v) is 7.66. The number of sulfone groups is 1. The van der Waals surface area contributed by atoms with Gasteiger partial charge in [0, 0.05) is 6.61 Å². The lowest BCUT2D eigenvalue weighted by atomic mass is 10.3. The van der Waals surface area contributed by atoms with Gasteiger partial charge in [0.2, 0.25) is 0 Å². The second kappa shape index (κ2) is 4.76. The van der Waals surface area contributed by atoms with Gasteiger partial charge in [-0.1, -0.05) is 0 Å². The van der Waals surface area contributed by atoms with Crippen LogP contribution in [0.15, 0.2) is 0 Å². The first-order valence-corrected chi connectivity index (χ1v) is 5.30. The molecule has 3 N–H and O–H groups in total. The molecule has 0 bridgehead atoms. The van der Waals surface area contributed by atoms with Crippen LogP contribution in [0.2, 0.25) is 0 Å². The number of hydrogen-bond donors (Lipinski definition) is 3. The highest BCUT2D eigenvalue weighted by atomic mass is 32.2. The van der Waals surface area contributed by atoms with Crippen molar-refractivity contribution >= 4 is 9.84 Å². The van der Waals surface area contributed by atoms with E-state index in [9.17, 15) is 8.42 Å². The minimum atomic E-state index is -3.63. The highest BCUT2D eigenvalue weighted by Crippen LogP contribution is 2.02. The molecule has 0 saturated heterocycles. The summed E-state index contributed by atoms with van der Waals surface area (Å²) in [5, 5.41) is 26.1. The van der Waals surface area contributed by atoms with Gasteiger partial charge in [-0.15, -0.1) is 0 Å². The molecule has 0 spiro atoms. The van der Waals surface area contributed by atoms with Crippen molar-refractivity contribution < 1.29 is 23.7 Å². The van der Waals surface area contributed by atoms with Crippen LogP contribution < -0.4 is 0 Å². The van der Waals surface area contributed by atoms with Gasteiger partial charge in [0.25, 0.3) is 0 Å². The van der Waals surface area contributed by atoms with Gasteiger partial charge in [-0.25, -0.2) is 8.42 Å². The average Bonchev–Trinajstić information content (AvgIpc) is 1.85. The third kappa shape index (κ3) is 4.01. The van der Waals surface area contributed by atoms with Crippen LogP contribution in [0.5, 0.6) is 0 Å². The fraction of sp³-hybridized carbons (Fsp3) is 1.00. The Hall–Kier alpha value is -0.170. The van der Waals surface area contributed by atoms with Gasteiger partial charge in [-0.3, -0.25) is 0 Å². The third-order valence-electron chi connectivity index (χ3n) is 1.41. The van der Waals surface area contributed by atoms with Crippen LogP contribution in [0.3, 0.4) is 0 Å². The van der Waals surface area contributed by atoms with Crippen molar-refractivity contribution in [3.8, 4) is 0 Å². The minimum absolute atomic E-state index is 0.00590. The predicted molar refractivity (Wildman–Crippen MR) is 43.2 cm³/mol. The lowest BCUT2D eigenvalue weighted by Crippen LogP contribution is -2.28. The van der Waals surface area contributed by atoms with Crippen LogP contribution >= 0.6 is 0 Å². The van der Waals surface area contributed by atoms with Crippen molar-refractivity contribution in [1.82, 2.24) is 0 Å².